The Hall–Kier alpha value is -0.250. The average molecular weight is 321 g/mol. The third-order valence-corrected chi connectivity index (χ3v) is 3.06. The van der Waals surface area contributed by atoms with Crippen molar-refractivity contribution in [3.63, 3.8) is 0 Å². The van der Waals surface area contributed by atoms with Gasteiger partial charge in [-0.2, -0.15) is 0 Å². The molecule has 4 heteroatoms. The van der Waals surface area contributed by atoms with Crippen LogP contribution in [-0.4, -0.2) is 19.2 Å². The summed E-state index contributed by atoms with van der Waals surface area (Å²) < 4.78 is 6.70. The van der Waals surface area contributed by atoms with Gasteiger partial charge in [-0.25, -0.2) is 0 Å². The molecule has 0 saturated carbocycles. The molecule has 2 nitrogen and oxygen atoms in total. The average Bonchev–Trinajstić information content (AvgIpc) is 2.21. The van der Waals surface area contributed by atoms with Crippen LogP contribution in [0.3, 0.4) is 0 Å². The van der Waals surface area contributed by atoms with Gasteiger partial charge in [-0.3, -0.25) is 0 Å². The van der Waals surface area contributed by atoms with Crippen molar-refractivity contribution in [2.45, 2.75) is 26.9 Å². The van der Waals surface area contributed by atoms with Crippen LogP contribution < -0.4 is 10.1 Å². The highest BCUT2D eigenvalue weighted by atomic mass is 79.9. The van der Waals surface area contributed by atoms with Crippen LogP contribution in [0.5, 0.6) is 5.75 Å². The SMILES string of the molecule is CC(C)CNCC(C)Oc1ccc(Cl)cc1Br. The van der Waals surface area contributed by atoms with Gasteiger partial charge in [0.25, 0.3) is 0 Å². The highest BCUT2D eigenvalue weighted by Crippen LogP contribution is 2.28. The first-order valence-corrected chi connectivity index (χ1v) is 6.98. The van der Waals surface area contributed by atoms with Gasteiger partial charge in [0.1, 0.15) is 11.9 Å². The van der Waals surface area contributed by atoms with E-state index < -0.39 is 0 Å². The number of benzene rings is 1. The fourth-order valence-electron chi connectivity index (χ4n) is 1.40. The molecule has 0 aliphatic carbocycles. The highest BCUT2D eigenvalue weighted by molar-refractivity contribution is 9.10. The van der Waals surface area contributed by atoms with Gasteiger partial charge in [0.05, 0.1) is 4.47 Å². The molecule has 0 heterocycles. The fraction of sp³-hybridized carbons (Fsp3) is 0.538. The van der Waals surface area contributed by atoms with Crippen molar-refractivity contribution in [1.29, 1.82) is 0 Å². The first-order valence-electron chi connectivity index (χ1n) is 5.81. The topological polar surface area (TPSA) is 21.3 Å². The third-order valence-electron chi connectivity index (χ3n) is 2.21. The van der Waals surface area contributed by atoms with Gasteiger partial charge in [0, 0.05) is 11.6 Å². The van der Waals surface area contributed by atoms with Crippen LogP contribution in [0.4, 0.5) is 0 Å². The molecule has 0 bridgehead atoms. The van der Waals surface area contributed by atoms with Crippen LogP contribution in [0.1, 0.15) is 20.8 Å². The van der Waals surface area contributed by atoms with E-state index in [1.54, 1.807) is 0 Å². The summed E-state index contributed by atoms with van der Waals surface area (Å²) in [6.45, 7) is 8.28. The second-order valence-electron chi connectivity index (χ2n) is 4.56. The molecule has 0 aliphatic heterocycles. The van der Waals surface area contributed by atoms with Gasteiger partial charge in [-0.1, -0.05) is 25.4 Å². The lowest BCUT2D eigenvalue weighted by atomic mass is 10.2. The van der Waals surface area contributed by atoms with E-state index in [-0.39, 0.29) is 6.10 Å². The number of hydrogen-bond acceptors (Lipinski definition) is 2. The van der Waals surface area contributed by atoms with Crippen molar-refractivity contribution in [3.8, 4) is 5.75 Å². The van der Waals surface area contributed by atoms with E-state index in [9.17, 15) is 0 Å². The monoisotopic (exact) mass is 319 g/mol. The Morgan fingerprint density at radius 3 is 2.59 bits per heavy atom. The van der Waals surface area contributed by atoms with Crippen LogP contribution in [0.25, 0.3) is 0 Å². The van der Waals surface area contributed by atoms with E-state index in [0.717, 1.165) is 23.3 Å². The number of nitrogens with one attached hydrogen (secondary N) is 1. The molecule has 1 N–H and O–H groups in total. The van der Waals surface area contributed by atoms with Crippen molar-refractivity contribution in [2.75, 3.05) is 13.1 Å². The number of ether oxygens (including phenoxy) is 1. The van der Waals surface area contributed by atoms with Gasteiger partial charge in [-0.15, -0.1) is 0 Å². The standard InChI is InChI=1S/C13H19BrClNO/c1-9(2)7-16-8-10(3)17-13-5-4-11(15)6-12(13)14/h4-6,9-10,16H,7-8H2,1-3H3. The minimum Gasteiger partial charge on any atom is -0.488 e. The van der Waals surface area contributed by atoms with Crippen LogP contribution in [0.15, 0.2) is 22.7 Å². The summed E-state index contributed by atoms with van der Waals surface area (Å²) in [5, 5.41) is 4.07. The van der Waals surface area contributed by atoms with E-state index in [1.807, 2.05) is 25.1 Å². The lowest BCUT2D eigenvalue weighted by Gasteiger charge is -2.17. The minimum absolute atomic E-state index is 0.131. The van der Waals surface area contributed by atoms with Crippen LogP contribution in [-0.2, 0) is 0 Å². The summed E-state index contributed by atoms with van der Waals surface area (Å²) in [5.74, 6) is 1.48. The van der Waals surface area contributed by atoms with Crippen molar-refractivity contribution in [3.05, 3.63) is 27.7 Å². The molecule has 1 unspecified atom stereocenters. The summed E-state index contributed by atoms with van der Waals surface area (Å²) in [7, 11) is 0. The molecular formula is C13H19BrClNO. The molecule has 0 radical (unpaired) electrons. The number of halogens is 2. The van der Waals surface area contributed by atoms with Gasteiger partial charge in [0.2, 0.25) is 0 Å². The predicted molar refractivity (Wildman–Crippen MR) is 76.9 cm³/mol. The summed E-state index contributed by atoms with van der Waals surface area (Å²) >= 11 is 9.31. The zero-order valence-corrected chi connectivity index (χ0v) is 12.8. The quantitative estimate of drug-likeness (QED) is 0.851. The largest absolute Gasteiger partial charge is 0.488 e. The maximum atomic E-state index is 5.87. The van der Waals surface area contributed by atoms with Crippen molar-refractivity contribution in [1.82, 2.24) is 5.32 Å². The van der Waals surface area contributed by atoms with E-state index in [0.29, 0.717) is 10.9 Å². The molecule has 96 valence electrons. The van der Waals surface area contributed by atoms with Gasteiger partial charge in [0.15, 0.2) is 0 Å². The maximum absolute atomic E-state index is 5.87. The van der Waals surface area contributed by atoms with Crippen LogP contribution in [0, 0.1) is 5.92 Å². The molecule has 1 atom stereocenters. The second-order valence-corrected chi connectivity index (χ2v) is 5.85. The van der Waals surface area contributed by atoms with Crippen molar-refractivity contribution in [2.24, 2.45) is 5.92 Å². The molecule has 17 heavy (non-hydrogen) atoms. The molecule has 1 aromatic rings. The highest BCUT2D eigenvalue weighted by Gasteiger charge is 2.07. The van der Waals surface area contributed by atoms with Crippen LogP contribution in [0.2, 0.25) is 5.02 Å². The minimum atomic E-state index is 0.131. The van der Waals surface area contributed by atoms with E-state index in [4.69, 9.17) is 16.3 Å². The van der Waals surface area contributed by atoms with Crippen LogP contribution >= 0.6 is 27.5 Å². The van der Waals surface area contributed by atoms with Crippen molar-refractivity contribution >= 4 is 27.5 Å². The molecule has 1 rings (SSSR count). The lowest BCUT2D eigenvalue weighted by Crippen LogP contribution is -2.31. The molecular weight excluding hydrogens is 302 g/mol. The number of rotatable bonds is 6. The Labute approximate surface area is 117 Å². The maximum Gasteiger partial charge on any atom is 0.134 e. The predicted octanol–water partition coefficient (Wildman–Crippen LogP) is 4.12. The van der Waals surface area contributed by atoms with E-state index in [1.165, 1.54) is 0 Å². The molecule has 0 spiro atoms. The summed E-state index contributed by atoms with van der Waals surface area (Å²) in [6, 6.07) is 5.55. The summed E-state index contributed by atoms with van der Waals surface area (Å²) in [5.41, 5.74) is 0. The Balaban J connectivity index is 2.42. The fourth-order valence-corrected chi connectivity index (χ4v) is 2.18. The number of hydrogen-bond donors (Lipinski definition) is 1. The van der Waals surface area contributed by atoms with Crippen molar-refractivity contribution < 1.29 is 4.74 Å². The molecule has 0 aromatic heterocycles. The van der Waals surface area contributed by atoms with E-state index in [2.05, 4.69) is 35.1 Å². The summed E-state index contributed by atoms with van der Waals surface area (Å²) in [6.07, 6.45) is 0.131. The smallest absolute Gasteiger partial charge is 0.134 e. The second kappa shape index (κ2) is 7.24. The third kappa shape index (κ3) is 5.75. The molecule has 0 amide bonds. The van der Waals surface area contributed by atoms with Gasteiger partial charge >= 0.3 is 0 Å². The zero-order valence-electron chi connectivity index (χ0n) is 10.5. The lowest BCUT2D eigenvalue weighted by molar-refractivity contribution is 0.214. The normalized spacial score (nSPS) is 12.8. The first kappa shape index (κ1) is 14.8. The van der Waals surface area contributed by atoms with Gasteiger partial charge < -0.3 is 10.1 Å². The molecule has 1 aromatic carbocycles. The van der Waals surface area contributed by atoms with Gasteiger partial charge in [-0.05, 0) is 53.5 Å². The first-order chi connectivity index (χ1) is 7.99. The molecule has 0 saturated heterocycles. The Morgan fingerprint density at radius 2 is 2.00 bits per heavy atom. The molecule has 0 aliphatic rings. The molecule has 0 fully saturated rings. The summed E-state index contributed by atoms with van der Waals surface area (Å²) in [4.78, 5) is 0. The Morgan fingerprint density at radius 1 is 1.29 bits per heavy atom. The zero-order chi connectivity index (χ0) is 12.8. The van der Waals surface area contributed by atoms with E-state index >= 15 is 0 Å². The Kier molecular flexibility index (Phi) is 6.31. The Bertz CT molecular complexity index is 357.